The van der Waals surface area contributed by atoms with Crippen molar-refractivity contribution in [3.8, 4) is 0 Å². The third-order valence-electron chi connectivity index (χ3n) is 4.50. The summed E-state index contributed by atoms with van der Waals surface area (Å²) in [6.45, 7) is 0.124. The molecule has 4 rings (SSSR count). The molecule has 2 heterocycles. The van der Waals surface area contributed by atoms with Gasteiger partial charge in [0.05, 0.1) is 6.54 Å². The minimum absolute atomic E-state index is 0.124. The predicted molar refractivity (Wildman–Crippen MR) is 95.9 cm³/mol. The first-order valence-corrected chi connectivity index (χ1v) is 8.83. The second-order valence-corrected chi connectivity index (χ2v) is 7.18. The van der Waals surface area contributed by atoms with E-state index in [-0.39, 0.29) is 23.3 Å². The van der Waals surface area contributed by atoms with Crippen LogP contribution in [-0.4, -0.2) is 27.7 Å². The van der Waals surface area contributed by atoms with Crippen LogP contribution in [0.2, 0.25) is 0 Å². The Bertz CT molecular complexity index is 1050. The normalized spacial score (nSPS) is 17.5. The number of fused-ring (bicyclic) bond motifs is 1. The zero-order chi connectivity index (χ0) is 18.4. The lowest BCUT2D eigenvalue weighted by atomic mass is 10.1. The molecule has 3 aromatic rings. The zero-order valence-corrected chi connectivity index (χ0v) is 14.6. The van der Waals surface area contributed by atoms with E-state index in [9.17, 15) is 18.4 Å². The van der Waals surface area contributed by atoms with Crippen LogP contribution in [0.3, 0.4) is 0 Å². The highest BCUT2D eigenvalue weighted by molar-refractivity contribution is 8.15. The number of para-hydroxylation sites is 1. The number of rotatable bonds is 3. The summed E-state index contributed by atoms with van der Waals surface area (Å²) in [7, 11) is 1.46. The van der Waals surface area contributed by atoms with Crippen LogP contribution in [0.15, 0.2) is 48.7 Å². The molecule has 1 atom stereocenters. The molecule has 0 bridgehead atoms. The van der Waals surface area contributed by atoms with Crippen LogP contribution in [0.4, 0.5) is 13.6 Å². The minimum atomic E-state index is -0.629. The molecule has 1 saturated heterocycles. The molecule has 0 N–H and O–H groups in total. The minimum Gasteiger partial charge on any atom is -0.343 e. The number of aromatic nitrogens is 1. The van der Waals surface area contributed by atoms with E-state index in [1.807, 2.05) is 24.3 Å². The van der Waals surface area contributed by atoms with E-state index in [2.05, 4.69) is 0 Å². The van der Waals surface area contributed by atoms with Crippen molar-refractivity contribution in [2.45, 2.75) is 11.8 Å². The van der Waals surface area contributed by atoms with Crippen molar-refractivity contribution in [2.75, 3.05) is 7.05 Å². The highest BCUT2D eigenvalue weighted by atomic mass is 32.2. The monoisotopic (exact) mass is 372 g/mol. The van der Waals surface area contributed by atoms with Crippen LogP contribution in [0.5, 0.6) is 0 Å². The lowest BCUT2D eigenvalue weighted by Gasteiger charge is -2.07. The number of thioether (sulfide) groups is 1. The maximum absolute atomic E-state index is 14.0. The van der Waals surface area contributed by atoms with E-state index in [0.717, 1.165) is 45.8 Å². The summed E-state index contributed by atoms with van der Waals surface area (Å²) in [4.78, 5) is 25.4. The van der Waals surface area contributed by atoms with Crippen molar-refractivity contribution >= 4 is 33.8 Å². The lowest BCUT2D eigenvalue weighted by molar-refractivity contribution is -0.125. The van der Waals surface area contributed by atoms with Crippen molar-refractivity contribution in [3.05, 3.63) is 71.4 Å². The van der Waals surface area contributed by atoms with Crippen LogP contribution < -0.4 is 0 Å². The summed E-state index contributed by atoms with van der Waals surface area (Å²) >= 11 is 0.965. The summed E-state index contributed by atoms with van der Waals surface area (Å²) in [6.07, 6.45) is 1.75. The van der Waals surface area contributed by atoms with Gasteiger partial charge in [0, 0.05) is 35.3 Å². The molecule has 7 heteroatoms. The Labute approximate surface area is 152 Å². The van der Waals surface area contributed by atoms with E-state index in [0.29, 0.717) is 5.56 Å². The molecule has 2 amide bonds. The van der Waals surface area contributed by atoms with E-state index < -0.39 is 16.9 Å². The number of carbonyl (C=O) groups excluding carboxylic acids is 2. The van der Waals surface area contributed by atoms with Crippen molar-refractivity contribution in [3.63, 3.8) is 0 Å². The summed E-state index contributed by atoms with van der Waals surface area (Å²) in [5, 5.41) is -0.109. The van der Waals surface area contributed by atoms with Crippen LogP contribution in [-0.2, 0) is 11.3 Å². The molecule has 132 valence electrons. The van der Waals surface area contributed by atoms with Gasteiger partial charge in [-0.05, 0) is 36.0 Å². The van der Waals surface area contributed by atoms with Gasteiger partial charge in [0.2, 0.25) is 5.91 Å². The molecule has 1 aromatic heterocycles. The van der Waals surface area contributed by atoms with Crippen LogP contribution in [0.1, 0.15) is 16.4 Å². The number of imide groups is 1. The van der Waals surface area contributed by atoms with Gasteiger partial charge in [-0.1, -0.05) is 18.2 Å². The number of hydrogen-bond acceptors (Lipinski definition) is 3. The maximum Gasteiger partial charge on any atom is 0.289 e. The molecule has 26 heavy (non-hydrogen) atoms. The van der Waals surface area contributed by atoms with Gasteiger partial charge >= 0.3 is 0 Å². The van der Waals surface area contributed by atoms with E-state index in [1.165, 1.54) is 7.05 Å². The molecule has 1 aliphatic heterocycles. The summed E-state index contributed by atoms with van der Waals surface area (Å²) in [5.74, 6) is -1.28. The second kappa shape index (κ2) is 6.25. The molecule has 0 spiro atoms. The fourth-order valence-electron chi connectivity index (χ4n) is 3.16. The Morgan fingerprint density at radius 2 is 1.88 bits per heavy atom. The standard InChI is InChI=1S/C19H14F2N2O2S/c1-22-18(24)17(26-19(22)25)14-10-23(16-5-3-2-4-13(14)16)9-11-8-12(20)6-7-15(11)21/h2-8,10,17H,9H2,1H3. The summed E-state index contributed by atoms with van der Waals surface area (Å²) in [5.41, 5.74) is 1.71. The number of hydrogen-bond donors (Lipinski definition) is 0. The Morgan fingerprint density at radius 1 is 1.12 bits per heavy atom. The SMILES string of the molecule is CN1C(=O)SC(c2cn(Cc3cc(F)ccc3F)c3ccccc23)C1=O. The van der Waals surface area contributed by atoms with Crippen molar-refractivity contribution in [1.29, 1.82) is 0 Å². The van der Waals surface area contributed by atoms with E-state index >= 15 is 0 Å². The number of carbonyl (C=O) groups is 2. The number of amides is 2. The van der Waals surface area contributed by atoms with Gasteiger partial charge in [0.1, 0.15) is 16.9 Å². The van der Waals surface area contributed by atoms with Crippen molar-refractivity contribution in [2.24, 2.45) is 0 Å². The van der Waals surface area contributed by atoms with Crippen LogP contribution >= 0.6 is 11.8 Å². The Kier molecular flexibility index (Phi) is 4.03. The fraction of sp³-hybridized carbons (Fsp3) is 0.158. The zero-order valence-electron chi connectivity index (χ0n) is 13.8. The molecule has 1 unspecified atom stereocenters. The van der Waals surface area contributed by atoms with Gasteiger partial charge in [0.15, 0.2) is 0 Å². The van der Waals surface area contributed by atoms with Crippen molar-refractivity contribution < 1.29 is 18.4 Å². The second-order valence-electron chi connectivity index (χ2n) is 6.13. The topological polar surface area (TPSA) is 42.3 Å². The summed E-state index contributed by atoms with van der Waals surface area (Å²) in [6, 6.07) is 10.7. The first-order valence-electron chi connectivity index (χ1n) is 7.95. The molecule has 2 aromatic carbocycles. The average molecular weight is 372 g/mol. The van der Waals surface area contributed by atoms with Gasteiger partial charge < -0.3 is 4.57 Å². The van der Waals surface area contributed by atoms with Gasteiger partial charge in [-0.3, -0.25) is 14.5 Å². The molecule has 4 nitrogen and oxygen atoms in total. The quantitative estimate of drug-likeness (QED) is 0.687. The predicted octanol–water partition coefficient (Wildman–Crippen LogP) is 4.33. The molecule has 0 radical (unpaired) electrons. The van der Waals surface area contributed by atoms with Crippen LogP contribution in [0.25, 0.3) is 10.9 Å². The highest BCUT2D eigenvalue weighted by Crippen LogP contribution is 2.42. The number of nitrogens with zero attached hydrogens (tertiary/aromatic N) is 2. The number of benzene rings is 2. The maximum atomic E-state index is 14.0. The third kappa shape index (κ3) is 2.68. The molecule has 1 fully saturated rings. The molecule has 1 aliphatic rings. The summed E-state index contributed by atoms with van der Waals surface area (Å²) < 4.78 is 29.3. The van der Waals surface area contributed by atoms with Gasteiger partial charge in [-0.15, -0.1) is 0 Å². The largest absolute Gasteiger partial charge is 0.343 e. The van der Waals surface area contributed by atoms with Gasteiger partial charge in [0.25, 0.3) is 5.24 Å². The van der Waals surface area contributed by atoms with Crippen LogP contribution in [0, 0.1) is 11.6 Å². The van der Waals surface area contributed by atoms with E-state index in [1.54, 1.807) is 10.8 Å². The third-order valence-corrected chi connectivity index (χ3v) is 5.66. The highest BCUT2D eigenvalue weighted by Gasteiger charge is 2.39. The lowest BCUT2D eigenvalue weighted by Crippen LogP contribution is -2.24. The van der Waals surface area contributed by atoms with Crippen molar-refractivity contribution in [1.82, 2.24) is 9.47 Å². The van der Waals surface area contributed by atoms with E-state index in [4.69, 9.17) is 0 Å². The molecular formula is C19H14F2N2O2S. The molecular weight excluding hydrogens is 358 g/mol. The Morgan fingerprint density at radius 3 is 2.62 bits per heavy atom. The van der Waals surface area contributed by atoms with Gasteiger partial charge in [-0.25, -0.2) is 8.78 Å². The first kappa shape index (κ1) is 16.8. The Hall–Kier alpha value is -2.67. The number of likely N-dealkylation sites (N-methyl/N-ethyl adjacent to an activating group) is 1. The van der Waals surface area contributed by atoms with Gasteiger partial charge in [-0.2, -0.15) is 0 Å². The molecule has 0 saturated carbocycles. The smallest absolute Gasteiger partial charge is 0.289 e. The fourth-order valence-corrected chi connectivity index (χ4v) is 4.18. The first-order chi connectivity index (χ1) is 12.5. The Balaban J connectivity index is 1.81. The number of halogens is 2. The molecule has 0 aliphatic carbocycles. The average Bonchev–Trinajstić information content (AvgIpc) is 3.11.